The second-order valence-electron chi connectivity index (χ2n) is 7.39. The quantitative estimate of drug-likeness (QED) is 0.681. The second-order valence-corrected chi connectivity index (χ2v) is 8.65. The lowest BCUT2D eigenvalue weighted by Gasteiger charge is -2.40. The number of fused-ring (bicyclic) bond motifs is 2. The van der Waals surface area contributed by atoms with E-state index >= 15 is 0 Å². The Balaban J connectivity index is 1.89. The zero-order chi connectivity index (χ0) is 14.7. The smallest absolute Gasteiger partial charge is 0.0502 e. The Kier molecular flexibility index (Phi) is 3.42. The van der Waals surface area contributed by atoms with Gasteiger partial charge in [0.15, 0.2) is 0 Å². The predicted molar refractivity (Wildman–Crippen MR) is 90.5 cm³/mol. The van der Waals surface area contributed by atoms with Crippen LogP contribution in [0.25, 0.3) is 0 Å². The fourth-order valence-corrected chi connectivity index (χ4v) is 5.10. The first-order chi connectivity index (χ1) is 9.25. The lowest BCUT2D eigenvalue weighted by Crippen LogP contribution is -2.40. The molecule has 1 aromatic carbocycles. The molecule has 2 fully saturated rings. The van der Waals surface area contributed by atoms with Crippen LogP contribution >= 0.6 is 27.5 Å². The van der Waals surface area contributed by atoms with Crippen molar-refractivity contribution in [1.29, 1.82) is 0 Å². The molecule has 0 amide bonds. The van der Waals surface area contributed by atoms with Crippen LogP contribution in [-0.2, 0) is 0 Å². The van der Waals surface area contributed by atoms with E-state index in [4.69, 9.17) is 11.6 Å². The lowest BCUT2D eigenvalue weighted by molar-refractivity contribution is 0.142. The Hall–Kier alpha value is -0.210. The van der Waals surface area contributed by atoms with Crippen LogP contribution in [0.3, 0.4) is 0 Å². The maximum absolute atomic E-state index is 6.28. The van der Waals surface area contributed by atoms with Gasteiger partial charge in [-0.1, -0.05) is 32.4 Å². The Bertz CT molecular complexity index is 554. The molecule has 0 spiro atoms. The van der Waals surface area contributed by atoms with E-state index in [-0.39, 0.29) is 0 Å². The van der Waals surface area contributed by atoms with E-state index in [1.165, 1.54) is 19.3 Å². The largest absolute Gasteiger partial charge is 0.381 e. The van der Waals surface area contributed by atoms with Crippen LogP contribution in [0.4, 0.5) is 5.69 Å². The fourth-order valence-electron chi connectivity index (χ4n) is 4.37. The average Bonchev–Trinajstić information content (AvgIpc) is 2.69. The van der Waals surface area contributed by atoms with Crippen molar-refractivity contribution in [3.8, 4) is 0 Å². The van der Waals surface area contributed by atoms with Gasteiger partial charge in [-0.15, -0.1) is 0 Å². The van der Waals surface area contributed by atoms with Crippen LogP contribution in [0.2, 0.25) is 5.02 Å². The van der Waals surface area contributed by atoms with Crippen molar-refractivity contribution in [3.05, 3.63) is 27.2 Å². The molecule has 1 nitrogen and oxygen atoms in total. The molecule has 20 heavy (non-hydrogen) atoms. The minimum Gasteiger partial charge on any atom is -0.381 e. The third-order valence-corrected chi connectivity index (χ3v) is 7.44. The Labute approximate surface area is 135 Å². The SMILES string of the molecule is Cc1cc(Br)c(NC2CC3CCC2(C)C3(C)C)cc1Cl. The van der Waals surface area contributed by atoms with E-state index in [9.17, 15) is 0 Å². The third-order valence-electron chi connectivity index (χ3n) is 6.37. The molecule has 0 heterocycles. The Morgan fingerprint density at radius 1 is 1.30 bits per heavy atom. The maximum Gasteiger partial charge on any atom is 0.0502 e. The van der Waals surface area contributed by atoms with Crippen molar-refractivity contribution in [2.45, 2.75) is 53.0 Å². The van der Waals surface area contributed by atoms with Crippen LogP contribution in [0.15, 0.2) is 16.6 Å². The van der Waals surface area contributed by atoms with E-state index in [0.717, 1.165) is 26.7 Å². The van der Waals surface area contributed by atoms with E-state index < -0.39 is 0 Å². The number of hydrogen-bond acceptors (Lipinski definition) is 1. The van der Waals surface area contributed by atoms with Crippen molar-refractivity contribution >= 4 is 33.2 Å². The molecule has 0 saturated heterocycles. The van der Waals surface area contributed by atoms with E-state index in [0.29, 0.717) is 16.9 Å². The predicted octanol–water partition coefficient (Wildman–Crippen LogP) is 6.04. The molecule has 0 radical (unpaired) electrons. The summed E-state index contributed by atoms with van der Waals surface area (Å²) in [5.41, 5.74) is 3.07. The average molecular weight is 357 g/mol. The molecule has 2 aliphatic carbocycles. The molecule has 3 rings (SSSR count). The van der Waals surface area contributed by atoms with E-state index in [1.54, 1.807) is 0 Å². The van der Waals surface area contributed by atoms with Gasteiger partial charge in [-0.3, -0.25) is 0 Å². The van der Waals surface area contributed by atoms with Crippen molar-refractivity contribution in [2.24, 2.45) is 16.7 Å². The van der Waals surface area contributed by atoms with Gasteiger partial charge in [-0.05, 0) is 76.6 Å². The van der Waals surface area contributed by atoms with Gasteiger partial charge in [-0.25, -0.2) is 0 Å². The summed E-state index contributed by atoms with van der Waals surface area (Å²) >= 11 is 9.95. The summed E-state index contributed by atoms with van der Waals surface area (Å²) in [6.07, 6.45) is 4.00. The standard InChI is InChI=1S/C17H23BrClN/c1-10-7-12(18)14(9-13(10)19)20-15-8-11-5-6-17(15,4)16(11,2)3/h7,9,11,15,20H,5-6,8H2,1-4H3. The molecule has 3 atom stereocenters. The molecule has 110 valence electrons. The highest BCUT2D eigenvalue weighted by molar-refractivity contribution is 9.10. The summed E-state index contributed by atoms with van der Waals surface area (Å²) in [5.74, 6) is 0.852. The van der Waals surface area contributed by atoms with Gasteiger partial charge >= 0.3 is 0 Å². The van der Waals surface area contributed by atoms with E-state index in [1.807, 2.05) is 6.92 Å². The van der Waals surface area contributed by atoms with Crippen LogP contribution < -0.4 is 5.32 Å². The highest BCUT2D eigenvalue weighted by atomic mass is 79.9. The van der Waals surface area contributed by atoms with Gasteiger partial charge in [0.2, 0.25) is 0 Å². The third kappa shape index (κ3) is 1.94. The second kappa shape index (κ2) is 4.64. The topological polar surface area (TPSA) is 12.0 Å². The first-order valence-corrected chi connectivity index (χ1v) is 8.65. The number of hydrogen-bond donors (Lipinski definition) is 1. The summed E-state index contributed by atoms with van der Waals surface area (Å²) in [6, 6.07) is 4.71. The fraction of sp³-hybridized carbons (Fsp3) is 0.647. The van der Waals surface area contributed by atoms with Crippen LogP contribution in [0, 0.1) is 23.7 Å². The summed E-state index contributed by atoms with van der Waals surface area (Å²) in [5, 5.41) is 4.61. The van der Waals surface area contributed by atoms with Crippen LogP contribution in [-0.4, -0.2) is 6.04 Å². The number of nitrogens with one attached hydrogen (secondary N) is 1. The van der Waals surface area contributed by atoms with Crippen LogP contribution in [0.5, 0.6) is 0 Å². The van der Waals surface area contributed by atoms with Crippen LogP contribution in [0.1, 0.15) is 45.6 Å². The molecule has 0 aliphatic heterocycles. The summed E-state index contributed by atoms with van der Waals surface area (Å²) in [6.45, 7) is 9.40. The molecule has 3 heteroatoms. The number of anilines is 1. The Morgan fingerprint density at radius 3 is 2.55 bits per heavy atom. The normalized spacial score (nSPS) is 34.5. The highest BCUT2D eigenvalue weighted by Crippen LogP contribution is 2.66. The molecule has 2 saturated carbocycles. The summed E-state index contributed by atoms with van der Waals surface area (Å²) < 4.78 is 1.11. The van der Waals surface area contributed by atoms with Gasteiger partial charge < -0.3 is 5.32 Å². The first kappa shape index (κ1) is 14.7. The van der Waals surface area contributed by atoms with Crippen molar-refractivity contribution in [2.75, 3.05) is 5.32 Å². The maximum atomic E-state index is 6.28. The first-order valence-electron chi connectivity index (χ1n) is 7.48. The minimum atomic E-state index is 0.383. The summed E-state index contributed by atoms with van der Waals surface area (Å²) in [4.78, 5) is 0. The molecule has 1 aromatic rings. The zero-order valence-electron chi connectivity index (χ0n) is 12.7. The van der Waals surface area contributed by atoms with Crippen molar-refractivity contribution in [3.63, 3.8) is 0 Å². The van der Waals surface area contributed by atoms with Crippen molar-refractivity contribution in [1.82, 2.24) is 0 Å². The molecule has 1 N–H and O–H groups in total. The molecule has 2 bridgehead atoms. The number of aryl methyl sites for hydroxylation is 1. The van der Waals surface area contributed by atoms with Gasteiger partial charge in [0.05, 0.1) is 5.69 Å². The van der Waals surface area contributed by atoms with E-state index in [2.05, 4.69) is 54.2 Å². The highest BCUT2D eigenvalue weighted by Gasteiger charge is 2.61. The van der Waals surface area contributed by atoms with Gasteiger partial charge in [0.1, 0.15) is 0 Å². The minimum absolute atomic E-state index is 0.383. The number of benzene rings is 1. The molecule has 3 unspecified atom stereocenters. The lowest BCUT2D eigenvalue weighted by atomic mass is 9.69. The molecular weight excluding hydrogens is 334 g/mol. The molecule has 0 aromatic heterocycles. The number of rotatable bonds is 2. The zero-order valence-corrected chi connectivity index (χ0v) is 15.0. The monoisotopic (exact) mass is 355 g/mol. The summed E-state index contributed by atoms with van der Waals surface area (Å²) in [7, 11) is 0. The molecule has 2 aliphatic rings. The van der Waals surface area contributed by atoms with Gasteiger partial charge in [0.25, 0.3) is 0 Å². The van der Waals surface area contributed by atoms with Gasteiger partial charge in [0, 0.05) is 15.5 Å². The van der Waals surface area contributed by atoms with Gasteiger partial charge in [-0.2, -0.15) is 0 Å². The number of halogens is 2. The Morgan fingerprint density at radius 2 is 2.00 bits per heavy atom. The van der Waals surface area contributed by atoms with Crippen molar-refractivity contribution < 1.29 is 0 Å². The molecular formula is C17H23BrClN.